The van der Waals surface area contributed by atoms with Gasteiger partial charge in [0.15, 0.2) is 0 Å². The third-order valence-electron chi connectivity index (χ3n) is 1.66. The van der Waals surface area contributed by atoms with E-state index in [1.165, 1.54) is 20.1 Å². The summed E-state index contributed by atoms with van der Waals surface area (Å²) in [6, 6.07) is 1.29. The zero-order valence-corrected chi connectivity index (χ0v) is 7.23. The second-order valence-corrected chi connectivity index (χ2v) is 2.56. The monoisotopic (exact) mass is 189 g/mol. The number of aromatic nitrogens is 1. The Labute approximate surface area is 73.4 Å². The maximum Gasteiger partial charge on any atom is 0.281 e. The minimum atomic E-state index is -2.73. The minimum Gasteiger partial charge on any atom is -0.495 e. The van der Waals surface area contributed by atoms with Crippen LogP contribution in [0.1, 0.15) is 17.7 Å². The Morgan fingerprint density at radius 1 is 1.54 bits per heavy atom. The van der Waals surface area contributed by atoms with E-state index in [0.29, 0.717) is 5.56 Å². The van der Waals surface area contributed by atoms with E-state index in [1.54, 1.807) is 0 Å². The number of methoxy groups -OCH3 is 1. The third kappa shape index (κ3) is 1.85. The Hall–Kier alpha value is -1.39. The molecule has 13 heavy (non-hydrogen) atoms. The lowest BCUT2D eigenvalue weighted by Crippen LogP contribution is -2.13. The first kappa shape index (κ1) is 9.70. The lowest BCUT2D eigenvalue weighted by molar-refractivity contribution is 0.141. The lowest BCUT2D eigenvalue weighted by atomic mass is 10.2. The molecule has 0 aliphatic rings. The summed E-state index contributed by atoms with van der Waals surface area (Å²) >= 11 is 0. The molecule has 0 fully saturated rings. The van der Waals surface area contributed by atoms with E-state index in [0.717, 1.165) is 0 Å². The second kappa shape index (κ2) is 3.55. The molecule has 3 nitrogen and oxygen atoms in total. The smallest absolute Gasteiger partial charge is 0.281 e. The molecule has 72 valence electrons. The molecule has 0 radical (unpaired) electrons. The van der Waals surface area contributed by atoms with Crippen LogP contribution in [-0.2, 0) is 0 Å². The first-order valence-corrected chi connectivity index (χ1v) is 3.62. The van der Waals surface area contributed by atoms with Gasteiger partial charge in [-0.15, -0.1) is 0 Å². The van der Waals surface area contributed by atoms with Crippen molar-refractivity contribution in [3.8, 4) is 5.75 Å². The van der Waals surface area contributed by atoms with E-state index < -0.39 is 17.7 Å². The van der Waals surface area contributed by atoms with E-state index in [1.807, 2.05) is 0 Å². The number of aryl methyl sites for hydroxylation is 1. The Morgan fingerprint density at radius 2 is 2.15 bits per heavy atom. The number of rotatable bonds is 2. The van der Waals surface area contributed by atoms with Crippen LogP contribution in [-0.4, -0.2) is 12.1 Å². The van der Waals surface area contributed by atoms with Crippen LogP contribution in [0.25, 0.3) is 0 Å². The van der Waals surface area contributed by atoms with Gasteiger partial charge in [0.2, 0.25) is 0 Å². The van der Waals surface area contributed by atoms with Crippen molar-refractivity contribution in [2.75, 3.05) is 7.11 Å². The third-order valence-corrected chi connectivity index (χ3v) is 1.66. The molecule has 0 saturated carbocycles. The summed E-state index contributed by atoms with van der Waals surface area (Å²) in [6.45, 7) is 1.52. The zero-order chi connectivity index (χ0) is 10.0. The molecule has 0 saturated heterocycles. The first-order valence-electron chi connectivity index (χ1n) is 3.62. The van der Waals surface area contributed by atoms with E-state index in [-0.39, 0.29) is 5.75 Å². The van der Waals surface area contributed by atoms with Crippen LogP contribution in [0.2, 0.25) is 0 Å². The molecule has 1 rings (SSSR count). The SMILES string of the molecule is COc1cc(C)c(=O)[nH]c1C(F)F. The number of hydrogen-bond acceptors (Lipinski definition) is 2. The van der Waals surface area contributed by atoms with Gasteiger partial charge in [0.1, 0.15) is 11.4 Å². The molecular weight excluding hydrogens is 180 g/mol. The van der Waals surface area contributed by atoms with Gasteiger partial charge >= 0.3 is 0 Å². The number of ether oxygens (including phenoxy) is 1. The van der Waals surface area contributed by atoms with Crippen LogP contribution in [0.15, 0.2) is 10.9 Å². The number of pyridine rings is 1. The summed E-state index contributed by atoms with van der Waals surface area (Å²) in [6.07, 6.45) is -2.73. The molecule has 0 aliphatic carbocycles. The fourth-order valence-corrected chi connectivity index (χ4v) is 0.953. The fraction of sp³-hybridized carbons (Fsp3) is 0.375. The van der Waals surface area contributed by atoms with Gasteiger partial charge in [-0.2, -0.15) is 0 Å². The summed E-state index contributed by atoms with van der Waals surface area (Å²) < 4.78 is 29.2. The van der Waals surface area contributed by atoms with Crippen molar-refractivity contribution in [2.24, 2.45) is 0 Å². The second-order valence-electron chi connectivity index (χ2n) is 2.56. The van der Waals surface area contributed by atoms with Crippen molar-refractivity contribution in [1.82, 2.24) is 4.98 Å². The number of hydrogen-bond donors (Lipinski definition) is 1. The number of aromatic amines is 1. The minimum absolute atomic E-state index is 0.00657. The molecule has 1 N–H and O–H groups in total. The van der Waals surface area contributed by atoms with Gasteiger partial charge in [-0.25, -0.2) is 8.78 Å². The standard InChI is InChI=1S/C8H9F2NO2/c1-4-3-5(13-2)6(7(9)10)11-8(4)12/h3,7H,1-2H3,(H,11,12). The fourth-order valence-electron chi connectivity index (χ4n) is 0.953. The average molecular weight is 189 g/mol. The van der Waals surface area contributed by atoms with Crippen LogP contribution in [0.3, 0.4) is 0 Å². The Bertz CT molecular complexity index is 360. The van der Waals surface area contributed by atoms with Crippen molar-refractivity contribution < 1.29 is 13.5 Å². The highest BCUT2D eigenvalue weighted by Gasteiger charge is 2.15. The van der Waals surface area contributed by atoms with Crippen LogP contribution in [0.4, 0.5) is 8.78 Å². The summed E-state index contributed by atoms with van der Waals surface area (Å²) in [5, 5.41) is 0. The maximum atomic E-state index is 12.3. The normalized spacial score (nSPS) is 10.5. The van der Waals surface area contributed by atoms with E-state index in [2.05, 4.69) is 4.98 Å². The molecule has 1 aromatic rings. The van der Waals surface area contributed by atoms with Gasteiger partial charge in [-0.1, -0.05) is 0 Å². The van der Waals surface area contributed by atoms with Crippen LogP contribution < -0.4 is 10.3 Å². The van der Waals surface area contributed by atoms with Gasteiger partial charge in [-0.3, -0.25) is 4.79 Å². The predicted octanol–water partition coefficient (Wildman–Crippen LogP) is 1.63. The molecule has 0 aliphatic heterocycles. The van der Waals surface area contributed by atoms with Crippen molar-refractivity contribution in [3.05, 3.63) is 27.7 Å². The van der Waals surface area contributed by atoms with Gasteiger partial charge < -0.3 is 9.72 Å². The molecular formula is C8H9F2NO2. The van der Waals surface area contributed by atoms with E-state index in [9.17, 15) is 13.6 Å². The summed E-state index contributed by atoms with van der Waals surface area (Å²) in [4.78, 5) is 13.0. The lowest BCUT2D eigenvalue weighted by Gasteiger charge is -2.07. The molecule has 5 heteroatoms. The largest absolute Gasteiger partial charge is 0.495 e. The zero-order valence-electron chi connectivity index (χ0n) is 7.23. The molecule has 0 spiro atoms. The van der Waals surface area contributed by atoms with Crippen LogP contribution in [0.5, 0.6) is 5.75 Å². The molecule has 0 aromatic carbocycles. The van der Waals surface area contributed by atoms with Crippen LogP contribution in [0, 0.1) is 6.92 Å². The van der Waals surface area contributed by atoms with Gasteiger partial charge in [-0.05, 0) is 13.0 Å². The summed E-state index contributed by atoms with van der Waals surface area (Å²) in [5.41, 5.74) is -0.643. The number of halogens is 2. The van der Waals surface area contributed by atoms with Gasteiger partial charge in [0, 0.05) is 5.56 Å². The molecule has 1 aromatic heterocycles. The van der Waals surface area contributed by atoms with Crippen LogP contribution >= 0.6 is 0 Å². The van der Waals surface area contributed by atoms with E-state index in [4.69, 9.17) is 4.74 Å². The predicted molar refractivity (Wildman–Crippen MR) is 43.3 cm³/mol. The number of nitrogens with one attached hydrogen (secondary N) is 1. The summed E-state index contributed by atoms with van der Waals surface area (Å²) in [5.74, 6) is 0.00657. The van der Waals surface area contributed by atoms with Crippen molar-refractivity contribution in [1.29, 1.82) is 0 Å². The van der Waals surface area contributed by atoms with E-state index >= 15 is 0 Å². The first-order chi connectivity index (χ1) is 6.06. The molecule has 1 heterocycles. The molecule has 0 amide bonds. The van der Waals surface area contributed by atoms with Crippen molar-refractivity contribution in [3.63, 3.8) is 0 Å². The highest BCUT2D eigenvalue weighted by Crippen LogP contribution is 2.25. The topological polar surface area (TPSA) is 42.1 Å². The number of alkyl halides is 2. The Kier molecular flexibility index (Phi) is 2.65. The van der Waals surface area contributed by atoms with Gasteiger partial charge in [0.05, 0.1) is 7.11 Å². The van der Waals surface area contributed by atoms with Gasteiger partial charge in [0.25, 0.3) is 12.0 Å². The Morgan fingerprint density at radius 3 is 2.62 bits per heavy atom. The highest BCUT2D eigenvalue weighted by atomic mass is 19.3. The molecule has 0 bridgehead atoms. The average Bonchev–Trinajstić information content (AvgIpc) is 2.08. The maximum absolute atomic E-state index is 12.3. The Balaban J connectivity index is 3.33. The highest BCUT2D eigenvalue weighted by molar-refractivity contribution is 5.31. The quantitative estimate of drug-likeness (QED) is 0.768. The summed E-state index contributed by atoms with van der Waals surface area (Å²) in [7, 11) is 1.28. The van der Waals surface area contributed by atoms with Crippen molar-refractivity contribution in [2.45, 2.75) is 13.3 Å². The molecule has 0 atom stereocenters. The van der Waals surface area contributed by atoms with Crippen molar-refractivity contribution >= 4 is 0 Å². The molecule has 0 unspecified atom stereocenters. The number of H-pyrrole nitrogens is 1.